The summed E-state index contributed by atoms with van der Waals surface area (Å²) in [6, 6.07) is 10.5. The van der Waals surface area contributed by atoms with Gasteiger partial charge in [-0.2, -0.15) is 0 Å². The summed E-state index contributed by atoms with van der Waals surface area (Å²) in [6.45, 7) is 8.93. The predicted octanol–water partition coefficient (Wildman–Crippen LogP) is 3.89. The SMILES string of the molecule is C=C1CCC[C@]2(C)C[C@H]3OC(=O)[C@@](C)([Se]c4ccccc4)[C@H]3C[C@@H]12. The Morgan fingerprint density at radius 3 is 2.75 bits per heavy atom. The first-order chi connectivity index (χ1) is 11.4. The zero-order chi connectivity index (χ0) is 16.9. The van der Waals surface area contributed by atoms with Gasteiger partial charge in [0.25, 0.3) is 0 Å². The summed E-state index contributed by atoms with van der Waals surface area (Å²) < 4.78 is 6.91. The second-order valence-electron chi connectivity index (χ2n) is 8.23. The Morgan fingerprint density at radius 2 is 2.00 bits per heavy atom. The minimum absolute atomic E-state index is 0.0363. The van der Waals surface area contributed by atoms with Crippen LogP contribution in [0.5, 0.6) is 0 Å². The van der Waals surface area contributed by atoms with Gasteiger partial charge in [0.15, 0.2) is 0 Å². The van der Waals surface area contributed by atoms with Crippen LogP contribution in [0.1, 0.15) is 46.0 Å². The fraction of sp³-hybridized carbons (Fsp3) is 0.571. The summed E-state index contributed by atoms with van der Waals surface area (Å²) in [5.74, 6) is 0.945. The molecule has 1 aromatic carbocycles. The van der Waals surface area contributed by atoms with E-state index in [1.807, 2.05) is 6.07 Å². The molecule has 0 radical (unpaired) electrons. The fourth-order valence-corrected chi connectivity index (χ4v) is 7.98. The average Bonchev–Trinajstić information content (AvgIpc) is 2.76. The Balaban J connectivity index is 1.64. The third kappa shape index (κ3) is 2.48. The molecular formula is C21H26O2Se. The van der Waals surface area contributed by atoms with Crippen LogP contribution >= 0.6 is 0 Å². The third-order valence-corrected chi connectivity index (χ3v) is 9.57. The van der Waals surface area contributed by atoms with E-state index in [9.17, 15) is 4.79 Å². The summed E-state index contributed by atoms with van der Waals surface area (Å²) in [5, 5.41) is 0. The number of esters is 1. The summed E-state index contributed by atoms with van der Waals surface area (Å²) in [4.78, 5) is 12.8. The maximum atomic E-state index is 12.8. The molecule has 0 N–H and O–H groups in total. The van der Waals surface area contributed by atoms with Crippen LogP contribution in [0.3, 0.4) is 0 Å². The molecule has 1 saturated heterocycles. The summed E-state index contributed by atoms with van der Waals surface area (Å²) in [5.41, 5.74) is 1.69. The quantitative estimate of drug-likeness (QED) is 0.436. The Kier molecular flexibility index (Phi) is 3.93. The molecule has 0 spiro atoms. The van der Waals surface area contributed by atoms with Crippen molar-refractivity contribution in [2.75, 3.05) is 0 Å². The topological polar surface area (TPSA) is 26.3 Å². The first kappa shape index (κ1) is 16.4. The molecule has 0 amide bonds. The minimum atomic E-state index is -0.335. The second-order valence-corrected chi connectivity index (χ2v) is 11.4. The number of fused-ring (bicyclic) bond motifs is 2. The standard InChI is InChI=1S/C21H26O2Se/c1-14-8-7-11-20(2)13-18-17(12-16(14)20)21(3,19(22)23-18)24-15-9-5-4-6-10-15/h4-6,9-10,16-18H,1,7-8,11-13H2,2-3H3/t16-,17-,18+,20+,21-/m0/s1. The number of rotatable bonds is 2. The van der Waals surface area contributed by atoms with Crippen molar-refractivity contribution in [2.45, 2.75) is 56.4 Å². The maximum absolute atomic E-state index is 12.8. The van der Waals surface area contributed by atoms with Gasteiger partial charge in [-0.3, -0.25) is 0 Å². The second kappa shape index (κ2) is 5.74. The van der Waals surface area contributed by atoms with Crippen LogP contribution in [0.2, 0.25) is 4.31 Å². The number of hydrogen-bond acceptors (Lipinski definition) is 2. The van der Waals surface area contributed by atoms with Crippen molar-refractivity contribution in [3.63, 3.8) is 0 Å². The number of hydrogen-bond donors (Lipinski definition) is 0. The van der Waals surface area contributed by atoms with Gasteiger partial charge in [0.05, 0.1) is 0 Å². The number of carbonyl (C=O) groups excluding carboxylic acids is 1. The molecule has 24 heavy (non-hydrogen) atoms. The van der Waals surface area contributed by atoms with E-state index in [0.717, 1.165) is 19.3 Å². The van der Waals surface area contributed by atoms with Crippen molar-refractivity contribution < 1.29 is 9.53 Å². The van der Waals surface area contributed by atoms with Gasteiger partial charge < -0.3 is 0 Å². The van der Waals surface area contributed by atoms with Gasteiger partial charge in [-0.25, -0.2) is 0 Å². The molecule has 0 aromatic heterocycles. The summed E-state index contributed by atoms with van der Waals surface area (Å²) >= 11 is 0.106. The van der Waals surface area contributed by atoms with Gasteiger partial charge >= 0.3 is 151 Å². The van der Waals surface area contributed by atoms with Crippen molar-refractivity contribution in [3.8, 4) is 0 Å². The molecule has 1 heterocycles. The normalized spacial score (nSPS) is 41.5. The van der Waals surface area contributed by atoms with Gasteiger partial charge in [0.1, 0.15) is 0 Å². The molecule has 0 bridgehead atoms. The third-order valence-electron chi connectivity index (χ3n) is 6.63. The van der Waals surface area contributed by atoms with Crippen LogP contribution in [0.25, 0.3) is 0 Å². The van der Waals surface area contributed by atoms with Crippen molar-refractivity contribution in [1.29, 1.82) is 0 Å². The average molecular weight is 389 g/mol. The van der Waals surface area contributed by atoms with E-state index in [1.54, 1.807) is 0 Å². The Hall–Kier alpha value is -1.05. The molecule has 3 fully saturated rings. The molecular weight excluding hydrogens is 363 g/mol. The van der Waals surface area contributed by atoms with Crippen LogP contribution in [-0.2, 0) is 9.53 Å². The van der Waals surface area contributed by atoms with Crippen LogP contribution < -0.4 is 4.46 Å². The van der Waals surface area contributed by atoms with E-state index in [1.165, 1.54) is 22.9 Å². The molecule has 0 unspecified atom stereocenters. The molecule has 1 aromatic rings. The first-order valence-corrected chi connectivity index (χ1v) is 10.8. The van der Waals surface area contributed by atoms with Gasteiger partial charge in [-0.15, -0.1) is 0 Å². The zero-order valence-electron chi connectivity index (χ0n) is 14.6. The Labute approximate surface area is 151 Å². The summed E-state index contributed by atoms with van der Waals surface area (Å²) in [7, 11) is 0. The summed E-state index contributed by atoms with van der Waals surface area (Å²) in [6.07, 6.45) is 5.86. The van der Waals surface area contributed by atoms with Gasteiger partial charge in [0.2, 0.25) is 0 Å². The van der Waals surface area contributed by atoms with Crippen molar-refractivity contribution in [2.24, 2.45) is 17.3 Å². The molecule has 5 atom stereocenters. The van der Waals surface area contributed by atoms with Gasteiger partial charge in [0, 0.05) is 0 Å². The van der Waals surface area contributed by atoms with E-state index >= 15 is 0 Å². The van der Waals surface area contributed by atoms with Crippen LogP contribution in [0.4, 0.5) is 0 Å². The number of ether oxygens (including phenoxy) is 1. The first-order valence-electron chi connectivity index (χ1n) is 9.05. The molecule has 2 nitrogen and oxygen atoms in total. The Bertz CT molecular complexity index is 670. The number of allylic oxidation sites excluding steroid dienone is 1. The van der Waals surface area contributed by atoms with Gasteiger partial charge in [-0.1, -0.05) is 0 Å². The molecule has 3 heteroatoms. The van der Waals surface area contributed by atoms with E-state index in [2.05, 4.69) is 44.7 Å². The molecule has 4 rings (SSSR count). The van der Waals surface area contributed by atoms with E-state index < -0.39 is 0 Å². The van der Waals surface area contributed by atoms with E-state index in [-0.39, 0.29) is 36.8 Å². The van der Waals surface area contributed by atoms with Crippen molar-refractivity contribution in [1.82, 2.24) is 0 Å². The predicted molar refractivity (Wildman–Crippen MR) is 97.4 cm³/mol. The van der Waals surface area contributed by atoms with Crippen molar-refractivity contribution in [3.05, 3.63) is 42.5 Å². The van der Waals surface area contributed by atoms with Crippen LogP contribution in [0, 0.1) is 17.3 Å². The van der Waals surface area contributed by atoms with Crippen molar-refractivity contribution >= 4 is 25.4 Å². The molecule has 1 aliphatic heterocycles. The van der Waals surface area contributed by atoms with E-state index in [0.29, 0.717) is 11.8 Å². The monoisotopic (exact) mass is 390 g/mol. The van der Waals surface area contributed by atoms with Crippen LogP contribution in [-0.4, -0.2) is 27.0 Å². The molecule has 2 saturated carbocycles. The van der Waals surface area contributed by atoms with Crippen LogP contribution in [0.15, 0.2) is 42.5 Å². The number of benzene rings is 1. The molecule has 3 aliphatic rings. The molecule has 2 aliphatic carbocycles. The van der Waals surface area contributed by atoms with E-state index in [4.69, 9.17) is 4.74 Å². The zero-order valence-corrected chi connectivity index (χ0v) is 16.3. The molecule has 128 valence electrons. The fourth-order valence-electron chi connectivity index (χ4n) is 5.22. The number of carbonyl (C=O) groups is 1. The van der Waals surface area contributed by atoms with Gasteiger partial charge in [-0.05, 0) is 0 Å². The Morgan fingerprint density at radius 1 is 1.25 bits per heavy atom.